The summed E-state index contributed by atoms with van der Waals surface area (Å²) in [5, 5.41) is 9.76. The highest BCUT2D eigenvalue weighted by atomic mass is 35.5. The van der Waals surface area contributed by atoms with Crippen molar-refractivity contribution in [3.63, 3.8) is 0 Å². The fourth-order valence-electron chi connectivity index (χ4n) is 1.25. The molecular weight excluding hydrogens is 294 g/mol. The zero-order valence-corrected chi connectivity index (χ0v) is 11.1. The first-order valence-electron chi connectivity index (χ1n) is 4.47. The Labute approximate surface area is 113 Å². The summed E-state index contributed by atoms with van der Waals surface area (Å²) in [5.41, 5.74) is 0.638. The fraction of sp³-hybridized carbons (Fsp3) is 0.300. The summed E-state index contributed by atoms with van der Waals surface area (Å²) in [5.74, 6) is -0.854. The van der Waals surface area contributed by atoms with Crippen molar-refractivity contribution < 1.29 is 9.90 Å². The molecule has 1 aromatic carbocycles. The third kappa shape index (κ3) is 3.42. The van der Waals surface area contributed by atoms with Crippen molar-refractivity contribution in [3.8, 4) is 0 Å². The van der Waals surface area contributed by atoms with E-state index in [9.17, 15) is 4.79 Å². The topological polar surface area (TPSA) is 37.3 Å². The average Bonchev–Trinajstić information content (AvgIpc) is 2.19. The standard InChI is InChI=1S/C10H8Cl4O2/c11-6-4-7(12)10(14)9(13)5(6)2-1-3-8(15)16/h4H,1-3H2,(H,15,16). The average molecular weight is 302 g/mol. The maximum Gasteiger partial charge on any atom is 0.303 e. The number of halogens is 4. The lowest BCUT2D eigenvalue weighted by atomic mass is 10.1. The second-order valence-electron chi connectivity index (χ2n) is 3.19. The molecule has 0 aliphatic heterocycles. The van der Waals surface area contributed by atoms with Gasteiger partial charge in [0, 0.05) is 11.4 Å². The summed E-state index contributed by atoms with van der Waals surface area (Å²) < 4.78 is 0. The van der Waals surface area contributed by atoms with Crippen LogP contribution in [0.1, 0.15) is 18.4 Å². The van der Waals surface area contributed by atoms with Gasteiger partial charge in [-0.2, -0.15) is 0 Å². The van der Waals surface area contributed by atoms with Gasteiger partial charge >= 0.3 is 5.97 Å². The lowest BCUT2D eigenvalue weighted by molar-refractivity contribution is -0.137. The maximum atomic E-state index is 10.4. The van der Waals surface area contributed by atoms with E-state index < -0.39 is 5.97 Å². The number of carbonyl (C=O) groups is 1. The minimum absolute atomic E-state index is 0.0624. The van der Waals surface area contributed by atoms with Gasteiger partial charge in [0.1, 0.15) is 0 Å². The minimum Gasteiger partial charge on any atom is -0.481 e. The van der Waals surface area contributed by atoms with Crippen LogP contribution in [-0.4, -0.2) is 11.1 Å². The van der Waals surface area contributed by atoms with Crippen LogP contribution < -0.4 is 0 Å². The lowest BCUT2D eigenvalue weighted by Gasteiger charge is -2.09. The van der Waals surface area contributed by atoms with Crippen molar-refractivity contribution >= 4 is 52.4 Å². The molecule has 88 valence electrons. The molecule has 0 radical (unpaired) electrons. The van der Waals surface area contributed by atoms with E-state index in [0.717, 1.165) is 0 Å². The molecule has 0 amide bonds. The summed E-state index contributed by atoms with van der Waals surface area (Å²) in [4.78, 5) is 10.4. The van der Waals surface area contributed by atoms with E-state index in [-0.39, 0.29) is 11.4 Å². The summed E-state index contributed by atoms with van der Waals surface area (Å²) in [6.07, 6.45) is 0.973. The molecule has 0 atom stereocenters. The van der Waals surface area contributed by atoms with Gasteiger partial charge in [-0.05, 0) is 24.5 Å². The largest absolute Gasteiger partial charge is 0.481 e. The van der Waals surface area contributed by atoms with Crippen molar-refractivity contribution in [1.82, 2.24) is 0 Å². The van der Waals surface area contributed by atoms with Crippen molar-refractivity contribution in [2.24, 2.45) is 0 Å². The molecule has 6 heteroatoms. The molecule has 0 aliphatic carbocycles. The summed E-state index contributed by atoms with van der Waals surface area (Å²) >= 11 is 23.6. The van der Waals surface area contributed by atoms with Crippen LogP contribution in [0.25, 0.3) is 0 Å². The predicted octanol–water partition coefficient (Wildman–Crippen LogP) is 4.71. The highest BCUT2D eigenvalue weighted by molar-refractivity contribution is 6.49. The fourth-order valence-corrected chi connectivity index (χ4v) is 2.37. The first kappa shape index (κ1) is 13.9. The molecule has 0 aliphatic rings. The van der Waals surface area contributed by atoms with Gasteiger partial charge in [-0.3, -0.25) is 4.79 Å². The number of hydrogen-bond acceptors (Lipinski definition) is 1. The number of carboxylic acids is 1. The van der Waals surface area contributed by atoms with Crippen LogP contribution in [-0.2, 0) is 11.2 Å². The van der Waals surface area contributed by atoms with Gasteiger partial charge in [0.2, 0.25) is 0 Å². The summed E-state index contributed by atoms with van der Waals surface area (Å²) in [6.45, 7) is 0. The molecule has 1 aromatic rings. The van der Waals surface area contributed by atoms with E-state index in [1.54, 1.807) is 0 Å². The molecule has 1 rings (SSSR count). The Bertz CT molecular complexity index is 418. The quantitative estimate of drug-likeness (QED) is 0.646. The molecule has 0 saturated carbocycles. The second kappa shape index (κ2) is 5.97. The third-order valence-electron chi connectivity index (χ3n) is 2.03. The van der Waals surface area contributed by atoms with Crippen LogP contribution in [0.5, 0.6) is 0 Å². The van der Waals surface area contributed by atoms with E-state index >= 15 is 0 Å². The Balaban J connectivity index is 2.87. The highest BCUT2D eigenvalue weighted by Crippen LogP contribution is 2.38. The Morgan fingerprint density at radius 3 is 2.31 bits per heavy atom. The van der Waals surface area contributed by atoms with Crippen molar-refractivity contribution in [2.45, 2.75) is 19.3 Å². The molecule has 0 aromatic heterocycles. The maximum absolute atomic E-state index is 10.4. The van der Waals surface area contributed by atoms with Crippen LogP contribution in [0.4, 0.5) is 0 Å². The Hall–Kier alpha value is -0.150. The number of rotatable bonds is 4. The van der Waals surface area contributed by atoms with Crippen LogP contribution in [0, 0.1) is 0 Å². The molecule has 2 nitrogen and oxygen atoms in total. The number of benzene rings is 1. The highest BCUT2D eigenvalue weighted by Gasteiger charge is 2.13. The molecule has 0 saturated heterocycles. The molecule has 0 heterocycles. The molecule has 0 spiro atoms. The van der Waals surface area contributed by atoms with Gasteiger partial charge < -0.3 is 5.11 Å². The molecular formula is C10H8Cl4O2. The first-order chi connectivity index (χ1) is 7.43. The molecule has 16 heavy (non-hydrogen) atoms. The molecule has 0 unspecified atom stereocenters. The SMILES string of the molecule is O=C(O)CCCc1c(Cl)cc(Cl)c(Cl)c1Cl. The predicted molar refractivity (Wildman–Crippen MR) is 67.1 cm³/mol. The smallest absolute Gasteiger partial charge is 0.303 e. The molecule has 1 N–H and O–H groups in total. The van der Waals surface area contributed by atoms with Crippen LogP contribution >= 0.6 is 46.4 Å². The van der Waals surface area contributed by atoms with Gasteiger partial charge in [0.15, 0.2) is 0 Å². The zero-order chi connectivity index (χ0) is 12.3. The van der Waals surface area contributed by atoms with Crippen molar-refractivity contribution in [1.29, 1.82) is 0 Å². The van der Waals surface area contributed by atoms with E-state index in [1.807, 2.05) is 0 Å². The van der Waals surface area contributed by atoms with E-state index in [4.69, 9.17) is 51.5 Å². The summed E-state index contributed by atoms with van der Waals surface area (Å²) in [6, 6.07) is 1.51. The normalized spacial score (nSPS) is 10.5. The van der Waals surface area contributed by atoms with Crippen molar-refractivity contribution in [3.05, 3.63) is 31.7 Å². The minimum atomic E-state index is -0.854. The van der Waals surface area contributed by atoms with Crippen LogP contribution in [0.3, 0.4) is 0 Å². The zero-order valence-electron chi connectivity index (χ0n) is 8.07. The number of aliphatic carboxylic acids is 1. The van der Waals surface area contributed by atoms with Crippen LogP contribution in [0.2, 0.25) is 20.1 Å². The Kier molecular flexibility index (Phi) is 5.19. The van der Waals surface area contributed by atoms with Gasteiger partial charge in [0.05, 0.1) is 15.1 Å². The Morgan fingerprint density at radius 1 is 1.12 bits per heavy atom. The number of carboxylic acid groups (broad SMARTS) is 1. The monoisotopic (exact) mass is 300 g/mol. The van der Waals surface area contributed by atoms with Gasteiger partial charge in [0.25, 0.3) is 0 Å². The third-order valence-corrected chi connectivity index (χ3v) is 3.66. The first-order valence-corrected chi connectivity index (χ1v) is 5.98. The second-order valence-corrected chi connectivity index (χ2v) is 4.76. The van der Waals surface area contributed by atoms with Crippen LogP contribution in [0.15, 0.2) is 6.07 Å². The van der Waals surface area contributed by atoms with E-state index in [2.05, 4.69) is 0 Å². The van der Waals surface area contributed by atoms with Gasteiger partial charge in [-0.25, -0.2) is 0 Å². The molecule has 0 fully saturated rings. The van der Waals surface area contributed by atoms with E-state index in [1.165, 1.54) is 6.07 Å². The number of hydrogen-bond donors (Lipinski definition) is 1. The van der Waals surface area contributed by atoms with E-state index in [0.29, 0.717) is 33.5 Å². The summed E-state index contributed by atoms with van der Waals surface area (Å²) in [7, 11) is 0. The Morgan fingerprint density at radius 2 is 1.75 bits per heavy atom. The molecule has 0 bridgehead atoms. The van der Waals surface area contributed by atoms with Crippen molar-refractivity contribution in [2.75, 3.05) is 0 Å². The lowest BCUT2D eigenvalue weighted by Crippen LogP contribution is -1.97. The van der Waals surface area contributed by atoms with Gasteiger partial charge in [-0.15, -0.1) is 0 Å². The van der Waals surface area contributed by atoms with Gasteiger partial charge in [-0.1, -0.05) is 46.4 Å².